The number of ketones is 1. The number of nitrogens with one attached hydrogen (secondary N) is 1. The lowest BCUT2D eigenvalue weighted by Crippen LogP contribution is -2.24. The quantitative estimate of drug-likeness (QED) is 0.872. The third kappa shape index (κ3) is 2.53. The molecular formula is C13H16BrNO2. The summed E-state index contributed by atoms with van der Waals surface area (Å²) in [4.78, 5) is 11.8. The zero-order valence-electron chi connectivity index (χ0n) is 10.3. The van der Waals surface area contributed by atoms with Gasteiger partial charge in [-0.1, -0.05) is 0 Å². The minimum absolute atomic E-state index is 0.0979. The van der Waals surface area contributed by atoms with Gasteiger partial charge in [-0.15, -0.1) is 0 Å². The lowest BCUT2D eigenvalue weighted by molar-refractivity contribution is 0.0993. The Morgan fingerprint density at radius 2 is 2.24 bits per heavy atom. The minimum Gasteiger partial charge on any atom is -0.486 e. The van der Waals surface area contributed by atoms with Gasteiger partial charge >= 0.3 is 0 Å². The molecule has 1 aromatic carbocycles. The van der Waals surface area contributed by atoms with E-state index in [1.807, 2.05) is 12.1 Å². The lowest BCUT2D eigenvalue weighted by atomic mass is 9.99. The number of Topliss-reactive ketones (excluding diaryl/α,β-unsaturated/α-hetero) is 1. The predicted octanol–water partition coefficient (Wildman–Crippen LogP) is 2.56. The molecule has 0 amide bonds. The van der Waals surface area contributed by atoms with Gasteiger partial charge in [0.2, 0.25) is 0 Å². The standard InChI is InChI=1S/C13H16BrNO2/c1-13(2)6-9-4-8(11(16)7-15-3)5-10(14)12(9)17-13/h4-5,15H,6-7H2,1-3H3. The second-order valence-corrected chi connectivity index (χ2v) is 5.79. The molecule has 1 heterocycles. The number of carbonyl (C=O) groups excluding carboxylic acids is 1. The fourth-order valence-electron chi connectivity index (χ4n) is 2.09. The number of carbonyl (C=O) groups is 1. The van der Waals surface area contributed by atoms with Gasteiger partial charge in [-0.2, -0.15) is 0 Å². The molecule has 0 saturated heterocycles. The van der Waals surface area contributed by atoms with Crippen molar-refractivity contribution < 1.29 is 9.53 Å². The van der Waals surface area contributed by atoms with Gasteiger partial charge in [0.05, 0.1) is 11.0 Å². The van der Waals surface area contributed by atoms with Crippen molar-refractivity contribution in [3.8, 4) is 5.75 Å². The van der Waals surface area contributed by atoms with E-state index >= 15 is 0 Å². The van der Waals surface area contributed by atoms with Gasteiger partial charge in [-0.05, 0) is 54.5 Å². The predicted molar refractivity (Wildman–Crippen MR) is 70.8 cm³/mol. The normalized spacial score (nSPS) is 16.5. The first-order valence-corrected chi connectivity index (χ1v) is 6.41. The summed E-state index contributed by atoms with van der Waals surface area (Å²) in [6.07, 6.45) is 0.835. The maximum atomic E-state index is 11.8. The number of benzene rings is 1. The average molecular weight is 298 g/mol. The molecule has 0 saturated carbocycles. The molecule has 2 rings (SSSR count). The smallest absolute Gasteiger partial charge is 0.176 e. The Balaban J connectivity index is 2.37. The Hall–Kier alpha value is -0.870. The number of likely N-dealkylation sites (N-methyl/N-ethyl adjacent to an activating group) is 1. The molecule has 0 fully saturated rings. The maximum absolute atomic E-state index is 11.8. The molecule has 0 atom stereocenters. The number of fused-ring (bicyclic) bond motifs is 1. The second kappa shape index (κ2) is 4.42. The van der Waals surface area contributed by atoms with Crippen LogP contribution in [0.3, 0.4) is 0 Å². The van der Waals surface area contributed by atoms with Crippen molar-refractivity contribution in [1.29, 1.82) is 0 Å². The molecule has 1 aliphatic rings. The van der Waals surface area contributed by atoms with Crippen LogP contribution in [0, 0.1) is 0 Å². The van der Waals surface area contributed by atoms with Crippen LogP contribution in [0.1, 0.15) is 29.8 Å². The SMILES string of the molecule is CNCC(=O)c1cc(Br)c2c(c1)CC(C)(C)O2. The van der Waals surface area contributed by atoms with Crippen LogP contribution < -0.4 is 10.1 Å². The molecule has 3 nitrogen and oxygen atoms in total. The van der Waals surface area contributed by atoms with Crippen molar-refractivity contribution in [2.45, 2.75) is 25.9 Å². The van der Waals surface area contributed by atoms with Gasteiger partial charge in [0.15, 0.2) is 5.78 Å². The summed E-state index contributed by atoms with van der Waals surface area (Å²) < 4.78 is 6.71. The average Bonchev–Trinajstić information content (AvgIpc) is 2.53. The van der Waals surface area contributed by atoms with Crippen molar-refractivity contribution in [3.05, 3.63) is 27.7 Å². The van der Waals surface area contributed by atoms with Gasteiger partial charge in [0.1, 0.15) is 11.4 Å². The summed E-state index contributed by atoms with van der Waals surface area (Å²) in [7, 11) is 1.77. The van der Waals surface area contributed by atoms with Crippen LogP contribution in [0.15, 0.2) is 16.6 Å². The molecule has 4 heteroatoms. The third-order valence-corrected chi connectivity index (χ3v) is 3.36. The Morgan fingerprint density at radius 1 is 1.53 bits per heavy atom. The van der Waals surface area contributed by atoms with Crippen molar-refractivity contribution in [2.75, 3.05) is 13.6 Å². The van der Waals surface area contributed by atoms with Crippen molar-refractivity contribution in [3.63, 3.8) is 0 Å². The highest BCUT2D eigenvalue weighted by Crippen LogP contribution is 2.41. The Bertz CT molecular complexity index is 469. The van der Waals surface area contributed by atoms with E-state index < -0.39 is 0 Å². The van der Waals surface area contributed by atoms with Crippen molar-refractivity contribution in [1.82, 2.24) is 5.32 Å². The van der Waals surface area contributed by atoms with Crippen LogP contribution in [0.4, 0.5) is 0 Å². The van der Waals surface area contributed by atoms with Crippen molar-refractivity contribution in [2.24, 2.45) is 0 Å². The van der Waals surface area contributed by atoms with E-state index in [0.29, 0.717) is 6.54 Å². The summed E-state index contributed by atoms with van der Waals surface area (Å²) >= 11 is 3.47. The van der Waals surface area contributed by atoms with Gasteiger partial charge in [-0.3, -0.25) is 4.79 Å². The molecular weight excluding hydrogens is 282 g/mol. The van der Waals surface area contributed by atoms with E-state index in [1.54, 1.807) is 7.05 Å². The van der Waals surface area contributed by atoms with Crippen LogP contribution in [0.5, 0.6) is 5.75 Å². The molecule has 0 aromatic heterocycles. The van der Waals surface area contributed by atoms with E-state index in [4.69, 9.17) is 4.74 Å². The van der Waals surface area contributed by atoms with Gasteiger partial charge < -0.3 is 10.1 Å². The molecule has 1 aromatic rings. The fraction of sp³-hybridized carbons (Fsp3) is 0.462. The molecule has 0 aliphatic carbocycles. The summed E-state index contributed by atoms with van der Waals surface area (Å²) in [5.74, 6) is 0.969. The van der Waals surface area contributed by atoms with E-state index in [2.05, 4.69) is 35.1 Å². The molecule has 0 bridgehead atoms. The highest BCUT2D eigenvalue weighted by Gasteiger charge is 2.32. The Kier molecular flexibility index (Phi) is 3.27. The van der Waals surface area contributed by atoms with E-state index in [0.717, 1.165) is 27.8 Å². The summed E-state index contributed by atoms with van der Waals surface area (Å²) in [6, 6.07) is 3.77. The number of halogens is 1. The number of rotatable bonds is 3. The zero-order valence-corrected chi connectivity index (χ0v) is 11.8. The first-order chi connectivity index (χ1) is 7.93. The monoisotopic (exact) mass is 297 g/mol. The Labute approximate surface area is 110 Å². The lowest BCUT2D eigenvalue weighted by Gasteiger charge is -2.17. The largest absolute Gasteiger partial charge is 0.486 e. The molecule has 1 aliphatic heterocycles. The minimum atomic E-state index is -0.185. The van der Waals surface area contributed by atoms with E-state index in [-0.39, 0.29) is 11.4 Å². The highest BCUT2D eigenvalue weighted by molar-refractivity contribution is 9.10. The fourth-order valence-corrected chi connectivity index (χ4v) is 2.67. The number of hydrogen-bond acceptors (Lipinski definition) is 3. The van der Waals surface area contributed by atoms with E-state index in [1.165, 1.54) is 0 Å². The first-order valence-electron chi connectivity index (χ1n) is 5.62. The van der Waals surface area contributed by atoms with Crippen LogP contribution in [-0.4, -0.2) is 25.0 Å². The molecule has 17 heavy (non-hydrogen) atoms. The van der Waals surface area contributed by atoms with Gasteiger partial charge in [-0.25, -0.2) is 0 Å². The van der Waals surface area contributed by atoms with Crippen LogP contribution in [0.25, 0.3) is 0 Å². The second-order valence-electron chi connectivity index (χ2n) is 4.94. The molecule has 1 N–H and O–H groups in total. The summed E-state index contributed by atoms with van der Waals surface area (Å²) in [5.41, 5.74) is 1.64. The number of hydrogen-bond donors (Lipinski definition) is 1. The maximum Gasteiger partial charge on any atom is 0.176 e. The molecule has 0 unspecified atom stereocenters. The van der Waals surface area contributed by atoms with Crippen LogP contribution in [-0.2, 0) is 6.42 Å². The highest BCUT2D eigenvalue weighted by atomic mass is 79.9. The first kappa shape index (κ1) is 12.6. The number of ether oxygens (including phenoxy) is 1. The summed E-state index contributed by atoms with van der Waals surface area (Å²) in [5, 5.41) is 2.87. The van der Waals surface area contributed by atoms with Crippen molar-refractivity contribution >= 4 is 21.7 Å². The molecule has 0 spiro atoms. The topological polar surface area (TPSA) is 38.3 Å². The molecule has 0 radical (unpaired) electrons. The Morgan fingerprint density at radius 3 is 2.88 bits per heavy atom. The van der Waals surface area contributed by atoms with E-state index in [9.17, 15) is 4.79 Å². The summed E-state index contributed by atoms with van der Waals surface area (Å²) in [6.45, 7) is 4.46. The molecule has 92 valence electrons. The van der Waals surface area contributed by atoms with Crippen LogP contribution in [0.2, 0.25) is 0 Å². The zero-order chi connectivity index (χ0) is 12.6. The van der Waals surface area contributed by atoms with Gasteiger partial charge in [0.25, 0.3) is 0 Å². The van der Waals surface area contributed by atoms with Crippen LogP contribution >= 0.6 is 15.9 Å². The van der Waals surface area contributed by atoms with Gasteiger partial charge in [0, 0.05) is 12.0 Å². The third-order valence-electron chi connectivity index (χ3n) is 2.77.